The van der Waals surface area contributed by atoms with Gasteiger partial charge in [0.2, 0.25) is 0 Å². The van der Waals surface area contributed by atoms with Crippen LogP contribution in [-0.4, -0.2) is 73.9 Å². The van der Waals surface area contributed by atoms with E-state index in [9.17, 15) is 8.42 Å². The van der Waals surface area contributed by atoms with Gasteiger partial charge in [-0.3, -0.25) is 4.90 Å². The van der Waals surface area contributed by atoms with Crippen LogP contribution in [0.4, 0.5) is 0 Å². The number of piperazine rings is 1. The Morgan fingerprint density at radius 3 is 2.68 bits per heavy atom. The number of aryl methyl sites for hydroxylation is 1. The molecule has 0 atom stereocenters. The number of nitrogens with one attached hydrogen (secondary N) is 2. The van der Waals surface area contributed by atoms with Gasteiger partial charge in [0.05, 0.1) is 6.20 Å². The summed E-state index contributed by atoms with van der Waals surface area (Å²) < 4.78 is 25.9. The highest BCUT2D eigenvalue weighted by atomic mass is 32.2. The molecule has 1 aromatic heterocycles. The highest BCUT2D eigenvalue weighted by molar-refractivity contribution is 7.89. The van der Waals surface area contributed by atoms with Gasteiger partial charge >= 0.3 is 0 Å². The van der Waals surface area contributed by atoms with Crippen LogP contribution in [0.15, 0.2) is 11.2 Å². The van der Waals surface area contributed by atoms with E-state index in [2.05, 4.69) is 20.2 Å². The van der Waals surface area contributed by atoms with Crippen LogP contribution >= 0.6 is 0 Å². The van der Waals surface area contributed by atoms with E-state index in [1.54, 1.807) is 14.0 Å². The minimum absolute atomic E-state index is 0.160. The molecule has 0 unspecified atom stereocenters. The Labute approximate surface area is 114 Å². The van der Waals surface area contributed by atoms with Gasteiger partial charge in [-0.05, 0) is 6.92 Å². The van der Waals surface area contributed by atoms with E-state index in [0.717, 1.165) is 32.7 Å². The van der Waals surface area contributed by atoms with Crippen LogP contribution in [0.5, 0.6) is 0 Å². The lowest BCUT2D eigenvalue weighted by Crippen LogP contribution is -2.46. The van der Waals surface area contributed by atoms with Crippen LogP contribution in [0.2, 0.25) is 0 Å². The van der Waals surface area contributed by atoms with E-state index in [1.807, 2.05) is 0 Å². The predicted octanol–water partition coefficient (Wildman–Crippen LogP) is -0.756. The Bertz CT molecular complexity index is 507. The number of hydrogen-bond acceptors (Lipinski definition) is 5. The van der Waals surface area contributed by atoms with Gasteiger partial charge in [0.15, 0.2) is 5.03 Å². The van der Waals surface area contributed by atoms with E-state index in [1.165, 1.54) is 10.5 Å². The number of rotatable bonds is 5. The van der Waals surface area contributed by atoms with Crippen LogP contribution in [0, 0.1) is 6.92 Å². The van der Waals surface area contributed by atoms with Gasteiger partial charge in [0, 0.05) is 46.3 Å². The van der Waals surface area contributed by atoms with Gasteiger partial charge < -0.3 is 10.3 Å². The van der Waals surface area contributed by atoms with Gasteiger partial charge in [-0.1, -0.05) is 0 Å². The second-order valence-electron chi connectivity index (χ2n) is 4.75. The SMILES string of the molecule is Cc1ncc(S(=O)(=O)N(C)CCN2CCNCC2)[nH]1. The summed E-state index contributed by atoms with van der Waals surface area (Å²) in [5.74, 6) is 0.606. The van der Waals surface area contributed by atoms with Crippen molar-refractivity contribution in [1.82, 2.24) is 24.5 Å². The lowest BCUT2D eigenvalue weighted by atomic mass is 10.3. The summed E-state index contributed by atoms with van der Waals surface area (Å²) >= 11 is 0. The van der Waals surface area contributed by atoms with Crippen LogP contribution in [-0.2, 0) is 10.0 Å². The van der Waals surface area contributed by atoms with E-state index in [-0.39, 0.29) is 5.03 Å². The first-order valence-corrected chi connectivity index (χ1v) is 7.85. The molecule has 2 N–H and O–H groups in total. The van der Waals surface area contributed by atoms with Gasteiger partial charge in [0.25, 0.3) is 10.0 Å². The van der Waals surface area contributed by atoms with Crippen LogP contribution in [0.3, 0.4) is 0 Å². The molecule has 0 radical (unpaired) electrons. The third kappa shape index (κ3) is 3.53. The van der Waals surface area contributed by atoms with Crippen LogP contribution < -0.4 is 5.32 Å². The largest absolute Gasteiger partial charge is 0.332 e. The normalized spacial score (nSPS) is 18.1. The number of aromatic nitrogens is 2. The quantitative estimate of drug-likeness (QED) is 0.744. The molecule has 0 bridgehead atoms. The molecule has 1 fully saturated rings. The zero-order chi connectivity index (χ0) is 13.9. The molecule has 0 spiro atoms. The van der Waals surface area contributed by atoms with Crippen molar-refractivity contribution in [2.45, 2.75) is 11.9 Å². The fraction of sp³-hybridized carbons (Fsp3) is 0.727. The molecule has 0 aliphatic carbocycles. The number of H-pyrrole nitrogens is 1. The number of aromatic amines is 1. The fourth-order valence-corrected chi connectivity index (χ4v) is 3.15. The second-order valence-corrected chi connectivity index (χ2v) is 6.76. The Morgan fingerprint density at radius 2 is 2.11 bits per heavy atom. The molecule has 2 heterocycles. The maximum absolute atomic E-state index is 12.2. The first-order chi connectivity index (χ1) is 9.00. The lowest BCUT2D eigenvalue weighted by Gasteiger charge is -2.28. The van der Waals surface area contributed by atoms with E-state index >= 15 is 0 Å². The second kappa shape index (κ2) is 6.00. The molecule has 1 aliphatic rings. The number of imidazole rings is 1. The third-order valence-corrected chi connectivity index (χ3v) is 5.08. The van der Waals surface area contributed by atoms with Crippen molar-refractivity contribution >= 4 is 10.0 Å². The molecule has 19 heavy (non-hydrogen) atoms. The Balaban J connectivity index is 1.93. The predicted molar refractivity (Wildman–Crippen MR) is 72.5 cm³/mol. The highest BCUT2D eigenvalue weighted by Gasteiger charge is 2.23. The van der Waals surface area contributed by atoms with Crippen LogP contribution in [0.1, 0.15) is 5.82 Å². The Hall–Kier alpha value is -0.960. The van der Waals surface area contributed by atoms with Gasteiger partial charge in [0.1, 0.15) is 5.82 Å². The van der Waals surface area contributed by atoms with Crippen molar-refractivity contribution in [1.29, 1.82) is 0 Å². The Kier molecular flexibility index (Phi) is 4.56. The molecule has 8 heteroatoms. The Morgan fingerprint density at radius 1 is 1.42 bits per heavy atom. The molecule has 1 aromatic rings. The summed E-state index contributed by atoms with van der Waals surface area (Å²) in [5, 5.41) is 3.43. The van der Waals surface area contributed by atoms with Crippen LogP contribution in [0.25, 0.3) is 0 Å². The number of nitrogens with zero attached hydrogens (tertiary/aromatic N) is 3. The van der Waals surface area contributed by atoms with E-state index in [4.69, 9.17) is 0 Å². The highest BCUT2D eigenvalue weighted by Crippen LogP contribution is 2.11. The smallest absolute Gasteiger partial charge is 0.259 e. The average Bonchev–Trinajstić information content (AvgIpc) is 2.84. The molecule has 0 aromatic carbocycles. The summed E-state index contributed by atoms with van der Waals surface area (Å²) in [7, 11) is -1.84. The number of hydrogen-bond donors (Lipinski definition) is 2. The molecule has 0 amide bonds. The maximum Gasteiger partial charge on any atom is 0.259 e. The molecule has 1 aliphatic heterocycles. The number of sulfonamides is 1. The monoisotopic (exact) mass is 287 g/mol. The fourth-order valence-electron chi connectivity index (χ4n) is 2.03. The first kappa shape index (κ1) is 14.4. The van der Waals surface area contributed by atoms with Crippen molar-refractivity contribution < 1.29 is 8.42 Å². The van der Waals surface area contributed by atoms with Gasteiger partial charge in [-0.25, -0.2) is 13.4 Å². The molecule has 7 nitrogen and oxygen atoms in total. The summed E-state index contributed by atoms with van der Waals surface area (Å²) in [6, 6.07) is 0. The summed E-state index contributed by atoms with van der Waals surface area (Å²) in [6.45, 7) is 6.85. The van der Waals surface area contributed by atoms with Crippen molar-refractivity contribution in [2.75, 3.05) is 46.3 Å². The average molecular weight is 287 g/mol. The van der Waals surface area contributed by atoms with Crippen molar-refractivity contribution in [3.63, 3.8) is 0 Å². The molecule has 0 saturated carbocycles. The van der Waals surface area contributed by atoms with Gasteiger partial charge in [-0.15, -0.1) is 0 Å². The molecular formula is C11H21N5O2S. The molecule has 108 valence electrons. The maximum atomic E-state index is 12.2. The number of likely N-dealkylation sites (N-methyl/N-ethyl adjacent to an activating group) is 1. The standard InChI is InChI=1S/C11H21N5O2S/c1-10-13-9-11(14-10)19(17,18)15(2)7-8-16-5-3-12-4-6-16/h9,12H,3-8H2,1-2H3,(H,13,14). The zero-order valence-electron chi connectivity index (χ0n) is 11.4. The topological polar surface area (TPSA) is 81.3 Å². The van der Waals surface area contributed by atoms with Crippen molar-refractivity contribution in [2.24, 2.45) is 0 Å². The minimum Gasteiger partial charge on any atom is -0.332 e. The third-order valence-electron chi connectivity index (χ3n) is 3.31. The molecule has 1 saturated heterocycles. The minimum atomic E-state index is -3.45. The summed E-state index contributed by atoms with van der Waals surface area (Å²) in [5.41, 5.74) is 0. The lowest BCUT2D eigenvalue weighted by molar-refractivity contribution is 0.229. The van der Waals surface area contributed by atoms with E-state index < -0.39 is 10.0 Å². The van der Waals surface area contributed by atoms with Crippen molar-refractivity contribution in [3.05, 3.63) is 12.0 Å². The zero-order valence-corrected chi connectivity index (χ0v) is 12.2. The van der Waals surface area contributed by atoms with Gasteiger partial charge in [-0.2, -0.15) is 4.31 Å². The molecule has 2 rings (SSSR count). The summed E-state index contributed by atoms with van der Waals surface area (Å²) in [4.78, 5) is 8.97. The molecular weight excluding hydrogens is 266 g/mol. The first-order valence-electron chi connectivity index (χ1n) is 6.41. The van der Waals surface area contributed by atoms with Crippen molar-refractivity contribution in [3.8, 4) is 0 Å². The van der Waals surface area contributed by atoms with E-state index in [0.29, 0.717) is 12.4 Å². The summed E-state index contributed by atoms with van der Waals surface area (Å²) in [6.07, 6.45) is 1.37.